The van der Waals surface area contributed by atoms with Crippen LogP contribution in [0.5, 0.6) is 0 Å². The topological polar surface area (TPSA) is 69.9 Å². The van der Waals surface area contributed by atoms with Crippen molar-refractivity contribution in [1.82, 2.24) is 19.7 Å². The van der Waals surface area contributed by atoms with Crippen LogP contribution in [0.2, 0.25) is 5.02 Å². The molecular formula is C16H15ClN4O2S. The van der Waals surface area contributed by atoms with Gasteiger partial charge in [-0.25, -0.2) is 14.6 Å². The molecular weight excluding hydrogens is 348 g/mol. The molecule has 0 radical (unpaired) electrons. The van der Waals surface area contributed by atoms with Crippen LogP contribution in [0.4, 0.5) is 0 Å². The molecule has 0 aliphatic rings. The van der Waals surface area contributed by atoms with Gasteiger partial charge < -0.3 is 4.74 Å². The lowest BCUT2D eigenvalue weighted by Crippen LogP contribution is -2.16. The molecule has 24 heavy (non-hydrogen) atoms. The van der Waals surface area contributed by atoms with Crippen LogP contribution in [0.3, 0.4) is 0 Å². The molecule has 0 bridgehead atoms. The van der Waals surface area contributed by atoms with Gasteiger partial charge >= 0.3 is 5.97 Å². The normalized spacial score (nSPS) is 12.3. The predicted octanol–water partition coefficient (Wildman–Crippen LogP) is 3.51. The Hall–Kier alpha value is -2.12. The second-order valence-electron chi connectivity index (χ2n) is 4.96. The molecule has 0 unspecified atom stereocenters. The Morgan fingerprint density at radius 3 is 2.79 bits per heavy atom. The van der Waals surface area contributed by atoms with Crippen molar-refractivity contribution in [3.8, 4) is 5.69 Å². The number of esters is 1. The largest absolute Gasteiger partial charge is 0.465 e. The number of hydrogen-bond donors (Lipinski definition) is 0. The van der Waals surface area contributed by atoms with E-state index in [1.807, 2.05) is 12.1 Å². The molecule has 124 valence electrons. The van der Waals surface area contributed by atoms with E-state index < -0.39 is 0 Å². The average Bonchev–Trinajstić information content (AvgIpc) is 3.01. The Kier molecular flexibility index (Phi) is 5.01. The highest BCUT2D eigenvalue weighted by molar-refractivity contribution is 8.00. The third-order valence-corrected chi connectivity index (χ3v) is 4.65. The summed E-state index contributed by atoms with van der Waals surface area (Å²) >= 11 is 7.26. The molecule has 1 atom stereocenters. The van der Waals surface area contributed by atoms with Crippen molar-refractivity contribution >= 4 is 40.4 Å². The zero-order valence-corrected chi connectivity index (χ0v) is 14.7. The fourth-order valence-corrected chi connectivity index (χ4v) is 3.17. The van der Waals surface area contributed by atoms with Crippen LogP contribution in [-0.4, -0.2) is 37.6 Å². The first-order chi connectivity index (χ1) is 11.6. The number of benzene rings is 1. The smallest absolute Gasteiger partial charge is 0.319 e. The lowest BCUT2D eigenvalue weighted by molar-refractivity contribution is -0.142. The second kappa shape index (κ2) is 7.19. The quantitative estimate of drug-likeness (QED) is 0.393. The summed E-state index contributed by atoms with van der Waals surface area (Å²) in [5, 5.41) is 6.16. The summed E-state index contributed by atoms with van der Waals surface area (Å²) < 4.78 is 6.75. The number of aromatic nitrogens is 4. The standard InChI is InChI=1S/C16H15ClN4O2S/c1-3-23-16(22)10(2)24-15-13-8-20-21(14(13)18-9-19-15)12-6-4-11(17)5-7-12/h4-10H,3H2,1-2H3/t10-/m0/s1. The number of nitrogens with zero attached hydrogens (tertiary/aromatic N) is 4. The first-order valence-electron chi connectivity index (χ1n) is 7.38. The van der Waals surface area contributed by atoms with Crippen molar-refractivity contribution in [1.29, 1.82) is 0 Å². The third-order valence-electron chi connectivity index (χ3n) is 3.31. The Morgan fingerprint density at radius 2 is 2.08 bits per heavy atom. The van der Waals surface area contributed by atoms with Crippen LogP contribution < -0.4 is 0 Å². The van der Waals surface area contributed by atoms with E-state index in [-0.39, 0.29) is 11.2 Å². The monoisotopic (exact) mass is 362 g/mol. The zero-order chi connectivity index (χ0) is 17.1. The maximum Gasteiger partial charge on any atom is 0.319 e. The molecule has 3 aromatic rings. The van der Waals surface area contributed by atoms with Gasteiger partial charge in [-0.15, -0.1) is 0 Å². The highest BCUT2D eigenvalue weighted by atomic mass is 35.5. The van der Waals surface area contributed by atoms with Crippen LogP contribution >= 0.6 is 23.4 Å². The SMILES string of the molecule is CCOC(=O)[C@H](C)Sc1ncnc2c1cnn2-c1ccc(Cl)cc1. The molecule has 0 aliphatic heterocycles. The lowest BCUT2D eigenvalue weighted by atomic mass is 10.3. The third kappa shape index (κ3) is 3.37. The van der Waals surface area contributed by atoms with Gasteiger partial charge in [-0.05, 0) is 38.1 Å². The highest BCUT2D eigenvalue weighted by Gasteiger charge is 2.19. The molecule has 0 saturated heterocycles. The van der Waals surface area contributed by atoms with Crippen molar-refractivity contribution < 1.29 is 9.53 Å². The summed E-state index contributed by atoms with van der Waals surface area (Å²) in [6, 6.07) is 7.32. The molecule has 8 heteroatoms. The van der Waals surface area contributed by atoms with Crippen molar-refractivity contribution in [3.05, 3.63) is 41.8 Å². The van der Waals surface area contributed by atoms with E-state index in [4.69, 9.17) is 16.3 Å². The van der Waals surface area contributed by atoms with Crippen LogP contribution in [0.25, 0.3) is 16.7 Å². The minimum Gasteiger partial charge on any atom is -0.465 e. The van der Waals surface area contributed by atoms with Gasteiger partial charge in [0, 0.05) is 5.02 Å². The number of fused-ring (bicyclic) bond motifs is 1. The zero-order valence-electron chi connectivity index (χ0n) is 13.1. The van der Waals surface area contributed by atoms with Crippen molar-refractivity contribution in [3.63, 3.8) is 0 Å². The number of ether oxygens (including phenoxy) is 1. The molecule has 6 nitrogen and oxygen atoms in total. The van der Waals surface area contributed by atoms with E-state index in [0.29, 0.717) is 22.3 Å². The van der Waals surface area contributed by atoms with Crippen molar-refractivity contribution in [2.24, 2.45) is 0 Å². The summed E-state index contributed by atoms with van der Waals surface area (Å²) in [5.74, 6) is -0.264. The molecule has 1 aromatic carbocycles. The highest BCUT2D eigenvalue weighted by Crippen LogP contribution is 2.29. The maximum absolute atomic E-state index is 11.8. The number of carbonyl (C=O) groups is 1. The van der Waals surface area contributed by atoms with Gasteiger partial charge in [0.15, 0.2) is 5.65 Å². The van der Waals surface area contributed by atoms with E-state index in [2.05, 4.69) is 15.1 Å². The minimum atomic E-state index is -0.359. The molecule has 0 fully saturated rings. The van der Waals surface area contributed by atoms with Crippen LogP contribution in [0.15, 0.2) is 41.8 Å². The average molecular weight is 363 g/mol. The number of rotatable bonds is 5. The van der Waals surface area contributed by atoms with Crippen molar-refractivity contribution in [2.75, 3.05) is 6.61 Å². The maximum atomic E-state index is 11.8. The Balaban J connectivity index is 1.94. The Morgan fingerprint density at radius 1 is 1.33 bits per heavy atom. The fraction of sp³-hybridized carbons (Fsp3) is 0.250. The molecule has 0 spiro atoms. The summed E-state index contributed by atoms with van der Waals surface area (Å²) in [4.78, 5) is 20.4. The van der Waals surface area contributed by atoms with Gasteiger partial charge in [-0.1, -0.05) is 23.4 Å². The molecule has 3 rings (SSSR count). The fourth-order valence-electron chi connectivity index (χ4n) is 2.16. The summed E-state index contributed by atoms with van der Waals surface area (Å²) in [7, 11) is 0. The molecule has 0 saturated carbocycles. The van der Waals surface area contributed by atoms with Gasteiger partial charge in [0.1, 0.15) is 16.6 Å². The van der Waals surface area contributed by atoms with Crippen LogP contribution in [-0.2, 0) is 9.53 Å². The van der Waals surface area contributed by atoms with E-state index in [0.717, 1.165) is 11.1 Å². The number of halogens is 1. The number of hydrogen-bond acceptors (Lipinski definition) is 6. The molecule has 2 aromatic heterocycles. The van der Waals surface area contributed by atoms with Crippen LogP contribution in [0, 0.1) is 0 Å². The first kappa shape index (κ1) is 16.7. The van der Waals surface area contributed by atoms with Crippen LogP contribution in [0.1, 0.15) is 13.8 Å². The van der Waals surface area contributed by atoms with E-state index in [1.165, 1.54) is 18.1 Å². The molecule has 0 aliphatic carbocycles. The molecule has 0 N–H and O–H groups in total. The number of carbonyl (C=O) groups excluding carboxylic acids is 1. The molecule has 0 amide bonds. The van der Waals surface area contributed by atoms with Gasteiger partial charge in [0.2, 0.25) is 0 Å². The van der Waals surface area contributed by atoms with Gasteiger partial charge in [0.25, 0.3) is 0 Å². The first-order valence-corrected chi connectivity index (χ1v) is 8.64. The van der Waals surface area contributed by atoms with E-state index >= 15 is 0 Å². The van der Waals surface area contributed by atoms with Gasteiger partial charge in [-0.3, -0.25) is 4.79 Å². The lowest BCUT2D eigenvalue weighted by Gasteiger charge is -2.10. The Labute approximate surface area is 148 Å². The molecule has 2 heterocycles. The van der Waals surface area contributed by atoms with Gasteiger partial charge in [-0.2, -0.15) is 5.10 Å². The minimum absolute atomic E-state index is 0.264. The summed E-state index contributed by atoms with van der Waals surface area (Å²) in [6.45, 7) is 3.94. The van der Waals surface area contributed by atoms with Crippen molar-refractivity contribution in [2.45, 2.75) is 24.1 Å². The Bertz CT molecular complexity index is 866. The van der Waals surface area contributed by atoms with E-state index in [9.17, 15) is 4.79 Å². The van der Waals surface area contributed by atoms with Gasteiger partial charge in [0.05, 0.1) is 23.9 Å². The summed E-state index contributed by atoms with van der Waals surface area (Å²) in [6.07, 6.45) is 3.17. The van der Waals surface area contributed by atoms with E-state index in [1.54, 1.807) is 36.9 Å². The summed E-state index contributed by atoms with van der Waals surface area (Å²) in [5.41, 5.74) is 1.52. The second-order valence-corrected chi connectivity index (χ2v) is 6.73. The number of thioether (sulfide) groups is 1. The predicted molar refractivity (Wildman–Crippen MR) is 93.6 cm³/mol.